The van der Waals surface area contributed by atoms with E-state index in [0.717, 1.165) is 26.5 Å². The minimum absolute atomic E-state index is 0.378. The van der Waals surface area contributed by atoms with Crippen molar-refractivity contribution in [2.45, 2.75) is 12.1 Å². The number of fused-ring (bicyclic) bond motifs is 1. The van der Waals surface area contributed by atoms with Gasteiger partial charge in [0.05, 0.1) is 11.3 Å². The number of nitrogens with zero attached hydrogens (tertiary/aromatic N) is 2. The van der Waals surface area contributed by atoms with Gasteiger partial charge in [0.25, 0.3) is 0 Å². The topological polar surface area (TPSA) is 48.0 Å². The normalized spacial score (nSPS) is 11.2. The summed E-state index contributed by atoms with van der Waals surface area (Å²) in [6, 6.07) is 17.3. The predicted octanol–water partition coefficient (Wildman–Crippen LogP) is 5.52. The van der Waals surface area contributed by atoms with Crippen LogP contribution in [-0.2, 0) is 0 Å². The summed E-state index contributed by atoms with van der Waals surface area (Å²) in [5, 5.41) is 1.72. The molecule has 2 heterocycles. The van der Waals surface area contributed by atoms with Crippen molar-refractivity contribution in [1.29, 1.82) is 0 Å². The second-order valence-corrected chi connectivity index (χ2v) is 7.82. The van der Waals surface area contributed by atoms with Gasteiger partial charge in [-0.1, -0.05) is 52.8 Å². The first-order valence-corrected chi connectivity index (χ1v) is 9.95. The van der Waals surface area contributed by atoms with Crippen LogP contribution in [0.25, 0.3) is 27.9 Å². The van der Waals surface area contributed by atoms with E-state index < -0.39 is 0 Å². The molecule has 0 atom stereocenters. The molecule has 0 saturated heterocycles. The molecule has 0 saturated carbocycles. The Hall–Kier alpha value is -2.31. The van der Waals surface area contributed by atoms with E-state index in [1.165, 1.54) is 0 Å². The highest BCUT2D eigenvalue weighted by atomic mass is 79.9. The average Bonchev–Trinajstić information content (AvgIpc) is 3.06. The highest BCUT2D eigenvalue weighted by Gasteiger charge is 2.15. The van der Waals surface area contributed by atoms with Crippen LogP contribution in [0.4, 0.5) is 0 Å². The van der Waals surface area contributed by atoms with E-state index in [1.54, 1.807) is 17.8 Å². The number of benzene rings is 2. The van der Waals surface area contributed by atoms with E-state index in [1.807, 2.05) is 59.3 Å². The summed E-state index contributed by atoms with van der Waals surface area (Å²) in [6.07, 6.45) is 1.89. The van der Waals surface area contributed by atoms with Crippen molar-refractivity contribution < 1.29 is 4.42 Å². The number of thioether (sulfide) groups is 1. The van der Waals surface area contributed by atoms with Crippen LogP contribution in [0.5, 0.6) is 0 Å². The van der Waals surface area contributed by atoms with Crippen LogP contribution in [0.15, 0.2) is 79.6 Å². The molecule has 4 aromatic rings. The highest BCUT2D eigenvalue weighted by molar-refractivity contribution is 9.10. The van der Waals surface area contributed by atoms with Gasteiger partial charge in [-0.2, -0.15) is 0 Å². The molecule has 0 amide bonds. The van der Waals surface area contributed by atoms with Crippen molar-refractivity contribution in [2.24, 2.45) is 0 Å². The van der Waals surface area contributed by atoms with E-state index >= 15 is 0 Å². The fourth-order valence-electron chi connectivity index (χ4n) is 2.75. The van der Waals surface area contributed by atoms with Gasteiger partial charge in [0.1, 0.15) is 5.58 Å². The Bertz CT molecular complexity index is 1130. The first-order valence-electron chi connectivity index (χ1n) is 8.17. The number of hydrogen-bond donors (Lipinski definition) is 0. The zero-order valence-electron chi connectivity index (χ0n) is 14.0. The second kappa shape index (κ2) is 7.13. The third-order valence-corrected chi connectivity index (χ3v) is 5.33. The van der Waals surface area contributed by atoms with E-state index in [9.17, 15) is 4.79 Å². The van der Waals surface area contributed by atoms with Crippen molar-refractivity contribution in [2.75, 3.05) is 5.75 Å². The van der Waals surface area contributed by atoms with Gasteiger partial charge in [-0.25, -0.2) is 9.78 Å². The summed E-state index contributed by atoms with van der Waals surface area (Å²) in [7, 11) is 0. The van der Waals surface area contributed by atoms with E-state index in [-0.39, 0.29) is 5.63 Å². The maximum Gasteiger partial charge on any atom is 0.345 e. The lowest BCUT2D eigenvalue weighted by atomic mass is 10.1. The number of aromatic nitrogens is 2. The van der Waals surface area contributed by atoms with Gasteiger partial charge in [0, 0.05) is 21.7 Å². The van der Waals surface area contributed by atoms with Crippen molar-refractivity contribution >= 4 is 38.7 Å². The zero-order valence-corrected chi connectivity index (χ0v) is 16.4. The molecule has 0 aliphatic heterocycles. The molecule has 2 aromatic carbocycles. The summed E-state index contributed by atoms with van der Waals surface area (Å²) in [6.45, 7) is 2.08. The largest absolute Gasteiger partial charge is 0.422 e. The summed E-state index contributed by atoms with van der Waals surface area (Å²) < 4.78 is 8.48. The van der Waals surface area contributed by atoms with Gasteiger partial charge in [-0.15, -0.1) is 0 Å². The van der Waals surface area contributed by atoms with Crippen LogP contribution in [0.2, 0.25) is 0 Å². The van der Waals surface area contributed by atoms with Gasteiger partial charge in [-0.3, -0.25) is 4.57 Å². The molecular formula is C20H15BrN2O2S. The van der Waals surface area contributed by atoms with E-state index in [2.05, 4.69) is 22.9 Å². The third-order valence-electron chi connectivity index (χ3n) is 3.97. The van der Waals surface area contributed by atoms with Gasteiger partial charge in [0.15, 0.2) is 5.16 Å². The number of rotatable bonds is 4. The maximum absolute atomic E-state index is 12.5. The number of para-hydroxylation sites is 1. The summed E-state index contributed by atoms with van der Waals surface area (Å²) in [5.74, 6) is 0.888. The molecule has 0 bridgehead atoms. The van der Waals surface area contributed by atoms with Gasteiger partial charge >= 0.3 is 5.63 Å². The van der Waals surface area contributed by atoms with Crippen molar-refractivity contribution in [3.63, 3.8) is 0 Å². The third kappa shape index (κ3) is 3.22. The monoisotopic (exact) mass is 426 g/mol. The molecule has 26 heavy (non-hydrogen) atoms. The molecule has 4 rings (SSSR count). The van der Waals surface area contributed by atoms with Crippen LogP contribution < -0.4 is 5.63 Å². The summed E-state index contributed by atoms with van der Waals surface area (Å²) >= 11 is 5.09. The fourth-order valence-corrected chi connectivity index (χ4v) is 3.73. The summed E-state index contributed by atoms with van der Waals surface area (Å²) in [5.41, 5.74) is 2.28. The minimum atomic E-state index is -0.378. The number of halogens is 1. The molecular weight excluding hydrogens is 412 g/mol. The molecule has 0 fully saturated rings. The van der Waals surface area contributed by atoms with Gasteiger partial charge in [-0.05, 0) is 42.2 Å². The average molecular weight is 427 g/mol. The van der Waals surface area contributed by atoms with E-state index in [0.29, 0.717) is 16.8 Å². The molecule has 0 spiro atoms. The van der Waals surface area contributed by atoms with E-state index in [4.69, 9.17) is 9.40 Å². The SMILES string of the molecule is CCSc1nc(-c2cc3ccccc3oc2=O)cn1-c1ccc(Br)cc1. The molecule has 0 unspecified atom stereocenters. The lowest BCUT2D eigenvalue weighted by molar-refractivity contribution is 0.563. The Labute approximate surface area is 163 Å². The van der Waals surface area contributed by atoms with Crippen molar-refractivity contribution in [3.05, 3.63) is 75.7 Å². The Kier molecular flexibility index (Phi) is 4.70. The number of imidazole rings is 1. The first-order chi connectivity index (χ1) is 12.7. The smallest absolute Gasteiger partial charge is 0.345 e. The van der Waals surface area contributed by atoms with Gasteiger partial charge in [0.2, 0.25) is 0 Å². The molecule has 2 aromatic heterocycles. The maximum atomic E-state index is 12.5. The molecule has 130 valence electrons. The first kappa shape index (κ1) is 17.1. The van der Waals surface area contributed by atoms with Crippen molar-refractivity contribution in [3.8, 4) is 16.9 Å². The molecule has 0 radical (unpaired) electrons. The molecule has 0 N–H and O–H groups in total. The van der Waals surface area contributed by atoms with Crippen LogP contribution in [-0.4, -0.2) is 15.3 Å². The lowest BCUT2D eigenvalue weighted by Crippen LogP contribution is -2.02. The Morgan fingerprint density at radius 3 is 2.69 bits per heavy atom. The van der Waals surface area contributed by atoms with Crippen LogP contribution in [0.3, 0.4) is 0 Å². The molecule has 6 heteroatoms. The van der Waals surface area contributed by atoms with Crippen LogP contribution in [0.1, 0.15) is 6.92 Å². The van der Waals surface area contributed by atoms with Gasteiger partial charge < -0.3 is 4.42 Å². The van der Waals surface area contributed by atoms with Crippen LogP contribution >= 0.6 is 27.7 Å². The predicted molar refractivity (Wildman–Crippen MR) is 109 cm³/mol. The van der Waals surface area contributed by atoms with Crippen LogP contribution in [0, 0.1) is 0 Å². The number of hydrogen-bond acceptors (Lipinski definition) is 4. The molecule has 4 nitrogen and oxygen atoms in total. The standard InChI is InChI=1S/C20H15BrN2O2S/c1-2-26-20-22-17(12-23(20)15-9-7-14(21)8-10-15)16-11-13-5-3-4-6-18(13)25-19(16)24/h3-12H,2H2,1H3. The lowest BCUT2D eigenvalue weighted by Gasteiger charge is -2.06. The second-order valence-electron chi connectivity index (χ2n) is 5.67. The molecule has 0 aliphatic carbocycles. The Morgan fingerprint density at radius 2 is 1.92 bits per heavy atom. The van der Waals surface area contributed by atoms with Crippen molar-refractivity contribution in [1.82, 2.24) is 9.55 Å². The quantitative estimate of drug-likeness (QED) is 0.318. The minimum Gasteiger partial charge on any atom is -0.422 e. The highest BCUT2D eigenvalue weighted by Crippen LogP contribution is 2.28. The summed E-state index contributed by atoms with van der Waals surface area (Å²) in [4.78, 5) is 17.2. The zero-order chi connectivity index (χ0) is 18.1. The fraction of sp³-hybridized carbons (Fsp3) is 0.100. The Balaban J connectivity index is 1.87. The Morgan fingerprint density at radius 1 is 1.15 bits per heavy atom. The molecule has 0 aliphatic rings.